The average Bonchev–Trinajstić information content (AvgIpc) is 3.48. The molecule has 2 aliphatic rings. The van der Waals surface area contributed by atoms with E-state index in [1.807, 2.05) is 26.2 Å². The van der Waals surface area contributed by atoms with Crippen LogP contribution in [0.2, 0.25) is 0 Å². The Hall–Kier alpha value is -2.82. The van der Waals surface area contributed by atoms with Gasteiger partial charge in [0.1, 0.15) is 11.6 Å². The van der Waals surface area contributed by atoms with Crippen molar-refractivity contribution < 1.29 is 0 Å². The third-order valence-corrected chi connectivity index (χ3v) is 5.60. The minimum absolute atomic E-state index is 0.586. The zero-order valence-corrected chi connectivity index (χ0v) is 17.8. The van der Waals surface area contributed by atoms with E-state index in [1.165, 1.54) is 30.5 Å². The number of benzene rings is 1. The van der Waals surface area contributed by atoms with Crippen LogP contribution < -0.4 is 9.80 Å². The Labute approximate surface area is 173 Å². The predicted molar refractivity (Wildman–Crippen MR) is 121 cm³/mol. The summed E-state index contributed by atoms with van der Waals surface area (Å²) < 4.78 is 2.38. The van der Waals surface area contributed by atoms with Gasteiger partial charge in [-0.15, -0.1) is 0 Å². The van der Waals surface area contributed by atoms with Crippen molar-refractivity contribution in [3.8, 4) is 0 Å². The lowest BCUT2D eigenvalue weighted by Crippen LogP contribution is -2.29. The molecule has 0 bridgehead atoms. The maximum absolute atomic E-state index is 4.96. The van der Waals surface area contributed by atoms with Crippen LogP contribution in [0.1, 0.15) is 52.3 Å². The molecule has 0 spiro atoms. The zero-order chi connectivity index (χ0) is 20.4. The van der Waals surface area contributed by atoms with Crippen LogP contribution in [0.5, 0.6) is 0 Å². The van der Waals surface area contributed by atoms with Gasteiger partial charge in [-0.3, -0.25) is 4.98 Å². The van der Waals surface area contributed by atoms with E-state index in [1.54, 1.807) is 0 Å². The lowest BCUT2D eigenvalue weighted by Gasteiger charge is -2.24. The summed E-state index contributed by atoms with van der Waals surface area (Å²) in [5, 5.41) is 0. The molecule has 1 saturated carbocycles. The zero-order valence-electron chi connectivity index (χ0n) is 17.8. The van der Waals surface area contributed by atoms with Crippen molar-refractivity contribution in [2.45, 2.75) is 65.6 Å². The van der Waals surface area contributed by atoms with Crippen LogP contribution in [0.3, 0.4) is 0 Å². The standard InChI is InChI=1S/C22H25N5.C2H6/c1-3-4-13-25-19-8-6-5-7-18(19)24-22(25)15-26-16(2)27(17-9-10-17)20-11-12-23-14-21(20)26;1-2/h5-8,11-12,14,17H,2-4,9-10,13,15H2,1H3;1-2H3. The summed E-state index contributed by atoms with van der Waals surface area (Å²) >= 11 is 0. The van der Waals surface area contributed by atoms with Crippen LogP contribution in [0.4, 0.5) is 11.4 Å². The summed E-state index contributed by atoms with van der Waals surface area (Å²) in [4.78, 5) is 14.0. The number of hydrogen-bond donors (Lipinski definition) is 0. The molecule has 3 heterocycles. The summed E-state index contributed by atoms with van der Waals surface area (Å²) in [6.45, 7) is 12.4. The van der Waals surface area contributed by atoms with Crippen LogP contribution in [-0.4, -0.2) is 20.6 Å². The molecule has 1 aliphatic carbocycles. The van der Waals surface area contributed by atoms with Crippen LogP contribution in [-0.2, 0) is 13.1 Å². The van der Waals surface area contributed by atoms with Gasteiger partial charge >= 0.3 is 0 Å². The van der Waals surface area contributed by atoms with E-state index >= 15 is 0 Å². The monoisotopic (exact) mass is 389 g/mol. The van der Waals surface area contributed by atoms with Crippen molar-refractivity contribution in [3.63, 3.8) is 0 Å². The van der Waals surface area contributed by atoms with Gasteiger partial charge in [0.2, 0.25) is 0 Å². The number of unbranched alkanes of at least 4 members (excludes halogenated alkanes) is 1. The summed E-state index contributed by atoms with van der Waals surface area (Å²) in [5.74, 6) is 2.15. The van der Waals surface area contributed by atoms with Gasteiger partial charge < -0.3 is 14.4 Å². The third kappa shape index (κ3) is 3.50. The number of nitrogens with zero attached hydrogens (tertiary/aromatic N) is 5. The van der Waals surface area contributed by atoms with Crippen molar-refractivity contribution in [1.82, 2.24) is 14.5 Å². The van der Waals surface area contributed by atoms with Crippen molar-refractivity contribution in [3.05, 3.63) is 60.9 Å². The van der Waals surface area contributed by atoms with E-state index in [-0.39, 0.29) is 0 Å². The second kappa shape index (κ2) is 8.27. The van der Waals surface area contributed by atoms with Gasteiger partial charge in [0.15, 0.2) is 0 Å². The summed E-state index contributed by atoms with van der Waals surface area (Å²) in [6.07, 6.45) is 8.64. The molecular formula is C24H31N5. The number of para-hydroxylation sites is 2. The van der Waals surface area contributed by atoms with Gasteiger partial charge in [-0.25, -0.2) is 4.98 Å². The molecule has 3 aromatic rings. The fraction of sp³-hybridized carbons (Fsp3) is 0.417. The number of anilines is 2. The first-order valence-corrected chi connectivity index (χ1v) is 10.9. The lowest BCUT2D eigenvalue weighted by atomic mass is 10.3. The normalized spacial score (nSPS) is 15.5. The highest BCUT2D eigenvalue weighted by Crippen LogP contribution is 2.46. The van der Waals surface area contributed by atoms with Crippen LogP contribution in [0, 0.1) is 0 Å². The molecule has 0 atom stereocenters. The second-order valence-corrected chi connectivity index (χ2v) is 7.49. The first kappa shape index (κ1) is 19.5. The average molecular weight is 390 g/mol. The SMILES string of the molecule is C=C1N(Cc2nc3ccccc3n2CCCC)c2cnccc2N1C1CC1.CC. The molecule has 0 saturated heterocycles. The van der Waals surface area contributed by atoms with Crippen LogP contribution >= 0.6 is 0 Å². The molecule has 152 valence electrons. The van der Waals surface area contributed by atoms with Gasteiger partial charge in [-0.2, -0.15) is 0 Å². The number of fused-ring (bicyclic) bond motifs is 2. The molecule has 1 aliphatic heterocycles. The highest BCUT2D eigenvalue weighted by molar-refractivity contribution is 5.82. The number of pyridine rings is 1. The van der Waals surface area contributed by atoms with Crippen LogP contribution in [0.15, 0.2) is 55.1 Å². The highest BCUT2D eigenvalue weighted by Gasteiger charge is 2.40. The molecule has 5 rings (SSSR count). The Morgan fingerprint density at radius 1 is 1.10 bits per heavy atom. The van der Waals surface area contributed by atoms with Crippen molar-refractivity contribution in [2.75, 3.05) is 9.80 Å². The van der Waals surface area contributed by atoms with Gasteiger partial charge in [-0.05, 0) is 37.5 Å². The molecule has 0 unspecified atom stereocenters. The van der Waals surface area contributed by atoms with Gasteiger partial charge in [0, 0.05) is 18.8 Å². The maximum Gasteiger partial charge on any atom is 0.129 e. The van der Waals surface area contributed by atoms with E-state index in [4.69, 9.17) is 4.98 Å². The van der Waals surface area contributed by atoms with Gasteiger partial charge in [0.25, 0.3) is 0 Å². The Morgan fingerprint density at radius 2 is 1.90 bits per heavy atom. The minimum atomic E-state index is 0.586. The summed E-state index contributed by atoms with van der Waals surface area (Å²) in [6, 6.07) is 11.1. The highest BCUT2D eigenvalue weighted by atomic mass is 15.4. The van der Waals surface area contributed by atoms with Crippen molar-refractivity contribution >= 4 is 22.4 Å². The Bertz CT molecular complexity index is 1000. The molecule has 1 aromatic carbocycles. The molecule has 5 heteroatoms. The van der Waals surface area contributed by atoms with E-state index in [9.17, 15) is 0 Å². The Balaban J connectivity index is 0.000000994. The molecule has 0 amide bonds. The predicted octanol–water partition coefficient (Wildman–Crippen LogP) is 5.72. The van der Waals surface area contributed by atoms with Gasteiger partial charge in [0.05, 0.1) is 35.1 Å². The Morgan fingerprint density at radius 3 is 2.66 bits per heavy atom. The fourth-order valence-corrected chi connectivity index (χ4v) is 4.07. The molecule has 2 aromatic heterocycles. The smallest absolute Gasteiger partial charge is 0.129 e. The molecule has 1 fully saturated rings. The van der Waals surface area contributed by atoms with E-state index in [2.05, 4.69) is 63.2 Å². The lowest BCUT2D eigenvalue weighted by molar-refractivity contribution is 0.612. The summed E-state index contributed by atoms with van der Waals surface area (Å²) in [7, 11) is 0. The van der Waals surface area contributed by atoms with Crippen molar-refractivity contribution in [2.24, 2.45) is 0 Å². The van der Waals surface area contributed by atoms with Crippen molar-refractivity contribution in [1.29, 1.82) is 0 Å². The number of rotatable bonds is 6. The minimum Gasteiger partial charge on any atom is -0.326 e. The topological polar surface area (TPSA) is 37.2 Å². The molecular weight excluding hydrogens is 358 g/mol. The number of aryl methyl sites for hydroxylation is 1. The number of imidazole rings is 1. The quantitative estimate of drug-likeness (QED) is 0.540. The molecule has 5 nitrogen and oxygen atoms in total. The third-order valence-electron chi connectivity index (χ3n) is 5.60. The molecule has 0 N–H and O–H groups in total. The largest absolute Gasteiger partial charge is 0.326 e. The van der Waals surface area contributed by atoms with E-state index < -0.39 is 0 Å². The van der Waals surface area contributed by atoms with Gasteiger partial charge in [-0.1, -0.05) is 45.9 Å². The van der Waals surface area contributed by atoms with E-state index in [0.29, 0.717) is 6.04 Å². The maximum atomic E-state index is 4.96. The van der Waals surface area contributed by atoms with Crippen LogP contribution in [0.25, 0.3) is 11.0 Å². The summed E-state index contributed by atoms with van der Waals surface area (Å²) in [5.41, 5.74) is 4.66. The first-order valence-electron chi connectivity index (χ1n) is 10.9. The first-order chi connectivity index (χ1) is 14.3. The molecule has 0 radical (unpaired) electrons. The Kier molecular flexibility index (Phi) is 5.56. The number of hydrogen-bond acceptors (Lipinski definition) is 4. The second-order valence-electron chi connectivity index (χ2n) is 7.49. The van der Waals surface area contributed by atoms with E-state index in [0.717, 1.165) is 42.4 Å². The number of aromatic nitrogens is 3. The molecule has 29 heavy (non-hydrogen) atoms. The fourth-order valence-electron chi connectivity index (χ4n) is 4.07.